The molecular formula is C25H30N2O3. The number of carbonyl (C=O) groups is 2. The normalized spacial score (nSPS) is 21.7. The second kappa shape index (κ2) is 9.33. The maximum absolute atomic E-state index is 12.9. The van der Waals surface area contributed by atoms with E-state index in [1.54, 1.807) is 7.11 Å². The average Bonchev–Trinajstić information content (AvgIpc) is 2.93. The van der Waals surface area contributed by atoms with Crippen LogP contribution in [0.4, 0.5) is 0 Å². The molecule has 4 rings (SSSR count). The minimum absolute atomic E-state index is 0.176. The predicted molar refractivity (Wildman–Crippen MR) is 116 cm³/mol. The van der Waals surface area contributed by atoms with Crippen LogP contribution in [0.25, 0.3) is 0 Å². The molecule has 0 aliphatic carbocycles. The van der Waals surface area contributed by atoms with Gasteiger partial charge in [-0.25, -0.2) is 0 Å². The van der Waals surface area contributed by atoms with E-state index in [9.17, 15) is 9.59 Å². The number of hydrogen-bond donors (Lipinski definition) is 0. The molecule has 158 valence electrons. The third-order valence-electron chi connectivity index (χ3n) is 6.53. The van der Waals surface area contributed by atoms with Gasteiger partial charge in [0.05, 0.1) is 13.5 Å². The Morgan fingerprint density at radius 2 is 1.70 bits per heavy atom. The minimum Gasteiger partial charge on any atom is -0.497 e. The van der Waals surface area contributed by atoms with Crippen molar-refractivity contribution in [2.45, 2.75) is 32.2 Å². The van der Waals surface area contributed by atoms with E-state index in [0.717, 1.165) is 43.8 Å². The lowest BCUT2D eigenvalue weighted by molar-refractivity contribution is -0.133. The van der Waals surface area contributed by atoms with E-state index >= 15 is 0 Å². The Morgan fingerprint density at radius 1 is 0.967 bits per heavy atom. The van der Waals surface area contributed by atoms with Crippen LogP contribution in [0.1, 0.15) is 30.4 Å². The summed E-state index contributed by atoms with van der Waals surface area (Å²) in [5.74, 6) is 2.03. The van der Waals surface area contributed by atoms with Gasteiger partial charge in [-0.2, -0.15) is 0 Å². The number of carbonyl (C=O) groups excluding carboxylic acids is 2. The molecule has 2 atom stereocenters. The van der Waals surface area contributed by atoms with Gasteiger partial charge in [-0.1, -0.05) is 42.5 Å². The van der Waals surface area contributed by atoms with Gasteiger partial charge in [-0.05, 0) is 47.9 Å². The quantitative estimate of drug-likeness (QED) is 0.763. The van der Waals surface area contributed by atoms with Crippen molar-refractivity contribution in [3.63, 3.8) is 0 Å². The van der Waals surface area contributed by atoms with Crippen LogP contribution >= 0.6 is 0 Å². The van der Waals surface area contributed by atoms with Crippen molar-refractivity contribution in [3.8, 4) is 5.75 Å². The lowest BCUT2D eigenvalue weighted by Gasteiger charge is -2.37. The molecule has 2 saturated heterocycles. The van der Waals surface area contributed by atoms with Crippen LogP contribution in [0.15, 0.2) is 54.6 Å². The van der Waals surface area contributed by atoms with Crippen LogP contribution in [0.2, 0.25) is 0 Å². The summed E-state index contributed by atoms with van der Waals surface area (Å²) in [6.07, 6.45) is 2.91. The Kier molecular flexibility index (Phi) is 6.36. The number of rotatable bonds is 5. The number of likely N-dealkylation sites (tertiary alicyclic amines) is 2. The maximum Gasteiger partial charge on any atom is 0.226 e. The Bertz CT molecular complexity index is 866. The SMILES string of the molecule is COc1ccc(CC(=O)N2CCC3CC(=O)N(Cc4ccccc4)CCC3C2)cc1. The molecule has 2 fully saturated rings. The number of amides is 2. The van der Waals surface area contributed by atoms with Gasteiger partial charge in [-0.15, -0.1) is 0 Å². The highest BCUT2D eigenvalue weighted by Crippen LogP contribution is 2.33. The number of nitrogens with zero attached hydrogens (tertiary/aromatic N) is 2. The van der Waals surface area contributed by atoms with Gasteiger partial charge >= 0.3 is 0 Å². The topological polar surface area (TPSA) is 49.9 Å². The van der Waals surface area contributed by atoms with Crippen molar-refractivity contribution in [2.75, 3.05) is 26.7 Å². The van der Waals surface area contributed by atoms with Crippen LogP contribution in [0.3, 0.4) is 0 Å². The Morgan fingerprint density at radius 3 is 2.43 bits per heavy atom. The first-order chi connectivity index (χ1) is 14.6. The van der Waals surface area contributed by atoms with Crippen molar-refractivity contribution < 1.29 is 14.3 Å². The van der Waals surface area contributed by atoms with E-state index in [2.05, 4.69) is 12.1 Å². The Labute approximate surface area is 178 Å². The zero-order chi connectivity index (χ0) is 20.9. The van der Waals surface area contributed by atoms with E-state index < -0.39 is 0 Å². The van der Waals surface area contributed by atoms with Gasteiger partial charge in [-0.3, -0.25) is 9.59 Å². The van der Waals surface area contributed by atoms with Crippen molar-refractivity contribution >= 4 is 11.8 Å². The highest BCUT2D eigenvalue weighted by Gasteiger charge is 2.36. The molecule has 30 heavy (non-hydrogen) atoms. The lowest BCUT2D eigenvalue weighted by Crippen LogP contribution is -2.44. The zero-order valence-electron chi connectivity index (χ0n) is 17.6. The summed E-state index contributed by atoms with van der Waals surface area (Å²) in [4.78, 5) is 29.7. The molecule has 2 aromatic carbocycles. The van der Waals surface area contributed by atoms with Crippen LogP contribution < -0.4 is 4.74 Å². The molecule has 0 bridgehead atoms. The molecule has 2 aromatic rings. The van der Waals surface area contributed by atoms with Crippen LogP contribution in [0.5, 0.6) is 5.75 Å². The van der Waals surface area contributed by atoms with Gasteiger partial charge in [0.2, 0.25) is 11.8 Å². The largest absolute Gasteiger partial charge is 0.497 e. The van der Waals surface area contributed by atoms with Crippen molar-refractivity contribution in [3.05, 3.63) is 65.7 Å². The van der Waals surface area contributed by atoms with E-state index in [-0.39, 0.29) is 11.8 Å². The Hall–Kier alpha value is -2.82. The first-order valence-electron chi connectivity index (χ1n) is 10.8. The van der Waals surface area contributed by atoms with Gasteiger partial charge in [0, 0.05) is 32.6 Å². The lowest BCUT2D eigenvalue weighted by atomic mass is 9.82. The molecule has 2 unspecified atom stereocenters. The van der Waals surface area contributed by atoms with Gasteiger partial charge in [0.1, 0.15) is 5.75 Å². The smallest absolute Gasteiger partial charge is 0.226 e. The number of hydrogen-bond acceptors (Lipinski definition) is 3. The number of piperidine rings is 1. The fourth-order valence-electron chi connectivity index (χ4n) is 4.70. The summed E-state index contributed by atoms with van der Waals surface area (Å²) in [6.45, 7) is 2.98. The molecule has 5 heteroatoms. The van der Waals surface area contributed by atoms with Crippen LogP contribution in [-0.2, 0) is 22.6 Å². The van der Waals surface area contributed by atoms with Crippen molar-refractivity contribution in [1.82, 2.24) is 9.80 Å². The first-order valence-corrected chi connectivity index (χ1v) is 10.8. The van der Waals surface area contributed by atoms with Gasteiger partial charge < -0.3 is 14.5 Å². The van der Waals surface area contributed by atoms with Crippen LogP contribution in [0, 0.1) is 11.8 Å². The van der Waals surface area contributed by atoms with Crippen molar-refractivity contribution in [1.29, 1.82) is 0 Å². The molecule has 0 saturated carbocycles. The highest BCUT2D eigenvalue weighted by molar-refractivity contribution is 5.79. The second-order valence-electron chi connectivity index (χ2n) is 8.47. The summed E-state index contributed by atoms with van der Waals surface area (Å²) in [5.41, 5.74) is 2.18. The second-order valence-corrected chi connectivity index (χ2v) is 8.47. The van der Waals surface area contributed by atoms with Gasteiger partial charge in [0.15, 0.2) is 0 Å². The van der Waals surface area contributed by atoms with Crippen LogP contribution in [-0.4, -0.2) is 48.4 Å². The monoisotopic (exact) mass is 406 g/mol. The fourth-order valence-corrected chi connectivity index (χ4v) is 4.70. The predicted octanol–water partition coefficient (Wildman–Crippen LogP) is 3.53. The molecule has 0 N–H and O–H groups in total. The molecule has 2 amide bonds. The van der Waals surface area contributed by atoms with E-state index in [4.69, 9.17) is 4.74 Å². The molecule has 2 aliphatic rings. The number of fused-ring (bicyclic) bond motifs is 1. The van der Waals surface area contributed by atoms with Gasteiger partial charge in [0.25, 0.3) is 0 Å². The standard InChI is InChI=1S/C25H30N2O3/c1-30-23-9-7-19(8-10-23)15-24(28)27-13-11-21-16-25(29)26(14-12-22(21)18-27)17-20-5-3-2-4-6-20/h2-10,21-22H,11-18H2,1H3. The molecule has 5 nitrogen and oxygen atoms in total. The third kappa shape index (κ3) is 4.84. The minimum atomic E-state index is 0.176. The van der Waals surface area contributed by atoms with Crippen molar-refractivity contribution in [2.24, 2.45) is 11.8 Å². The first kappa shape index (κ1) is 20.5. The number of ether oxygens (including phenoxy) is 1. The average molecular weight is 407 g/mol. The highest BCUT2D eigenvalue weighted by atomic mass is 16.5. The number of benzene rings is 2. The summed E-state index contributed by atoms with van der Waals surface area (Å²) < 4.78 is 5.19. The molecule has 0 aromatic heterocycles. The summed E-state index contributed by atoms with van der Waals surface area (Å²) in [6, 6.07) is 17.9. The molecule has 0 spiro atoms. The maximum atomic E-state index is 12.9. The summed E-state index contributed by atoms with van der Waals surface area (Å²) >= 11 is 0. The summed E-state index contributed by atoms with van der Waals surface area (Å²) in [7, 11) is 1.64. The van der Waals surface area contributed by atoms with E-state index in [1.165, 1.54) is 5.56 Å². The molecule has 2 heterocycles. The fraction of sp³-hybridized carbons (Fsp3) is 0.440. The zero-order valence-corrected chi connectivity index (χ0v) is 17.6. The Balaban J connectivity index is 1.35. The molecule has 2 aliphatic heterocycles. The van der Waals surface area contributed by atoms with E-state index in [1.807, 2.05) is 52.3 Å². The van der Waals surface area contributed by atoms with E-state index in [0.29, 0.717) is 31.2 Å². The molecular weight excluding hydrogens is 376 g/mol. The summed E-state index contributed by atoms with van der Waals surface area (Å²) in [5, 5.41) is 0. The third-order valence-corrected chi connectivity index (χ3v) is 6.53. The molecule has 0 radical (unpaired) electrons. The number of methoxy groups -OCH3 is 1.